The summed E-state index contributed by atoms with van der Waals surface area (Å²) >= 11 is 0.932. The molecule has 0 aliphatic carbocycles. The fourth-order valence-electron chi connectivity index (χ4n) is 3.40. The van der Waals surface area contributed by atoms with Gasteiger partial charge in [0.15, 0.2) is 10.9 Å². The molecule has 0 fully saturated rings. The first-order chi connectivity index (χ1) is 18.0. The van der Waals surface area contributed by atoms with E-state index in [1.54, 1.807) is 30.3 Å². The number of nitrogens with zero attached hydrogens (tertiary/aromatic N) is 2. The third kappa shape index (κ3) is 7.04. The molecule has 7 N–H and O–H groups in total. The van der Waals surface area contributed by atoms with E-state index in [1.165, 1.54) is 18.2 Å². The highest BCUT2D eigenvalue weighted by molar-refractivity contribution is 7.93. The average Bonchev–Trinajstić information content (AvgIpc) is 3.29. The lowest BCUT2D eigenvalue weighted by Gasteiger charge is -2.14. The normalized spacial score (nSPS) is 11.8. The summed E-state index contributed by atoms with van der Waals surface area (Å²) in [4.78, 5) is 39.1. The van der Waals surface area contributed by atoms with E-state index in [-0.39, 0.29) is 35.9 Å². The first kappa shape index (κ1) is 28.1. The molecule has 3 rings (SSSR count). The van der Waals surface area contributed by atoms with E-state index < -0.39 is 43.4 Å². The van der Waals surface area contributed by atoms with Crippen molar-refractivity contribution in [2.75, 3.05) is 11.3 Å². The van der Waals surface area contributed by atoms with Crippen LogP contribution in [0.3, 0.4) is 0 Å². The number of carboxylic acid groups (broad SMARTS) is 1. The number of carboxylic acids is 1. The molecule has 1 amide bonds. The van der Waals surface area contributed by atoms with Crippen LogP contribution in [0, 0.1) is 10.1 Å². The molecule has 0 unspecified atom stereocenters. The molecule has 0 spiro atoms. The van der Waals surface area contributed by atoms with E-state index in [2.05, 4.69) is 15.0 Å². The van der Waals surface area contributed by atoms with Gasteiger partial charge < -0.3 is 21.9 Å². The van der Waals surface area contributed by atoms with Crippen LogP contribution in [-0.4, -0.2) is 48.9 Å². The van der Waals surface area contributed by atoms with Crippen LogP contribution in [0.15, 0.2) is 70.6 Å². The maximum absolute atomic E-state index is 13.2. The highest BCUT2D eigenvalue weighted by atomic mass is 32.2. The maximum atomic E-state index is 13.2. The number of sulfonamides is 1. The predicted octanol–water partition coefficient (Wildman–Crippen LogP) is 2.36. The van der Waals surface area contributed by atoms with Crippen molar-refractivity contribution in [1.82, 2.24) is 5.32 Å². The smallest absolute Gasteiger partial charge is 0.326 e. The van der Waals surface area contributed by atoms with Gasteiger partial charge in [-0.25, -0.2) is 13.2 Å². The summed E-state index contributed by atoms with van der Waals surface area (Å²) in [7, 11) is -4.50. The molecule has 38 heavy (non-hydrogen) atoms. The number of amides is 1. The fraction of sp³-hybridized carbons (Fsp3) is 0.174. The summed E-state index contributed by atoms with van der Waals surface area (Å²) in [6.45, 7) is 0.153. The van der Waals surface area contributed by atoms with Crippen molar-refractivity contribution in [1.29, 1.82) is 0 Å². The first-order valence-electron chi connectivity index (χ1n) is 11.0. The summed E-state index contributed by atoms with van der Waals surface area (Å²) in [6.07, 6.45) is 0.262. The number of guanidine groups is 1. The lowest BCUT2D eigenvalue weighted by Crippen LogP contribution is -2.40. The lowest BCUT2D eigenvalue weighted by molar-refractivity contribution is -0.387. The van der Waals surface area contributed by atoms with Gasteiger partial charge in [0.25, 0.3) is 21.6 Å². The summed E-state index contributed by atoms with van der Waals surface area (Å²) in [5.41, 5.74) is 10.4. The Balaban J connectivity index is 1.96. The van der Waals surface area contributed by atoms with Gasteiger partial charge in [-0.1, -0.05) is 42.5 Å². The Hall–Kier alpha value is -4.50. The molecule has 1 atom stereocenters. The maximum Gasteiger partial charge on any atom is 0.326 e. The quantitative estimate of drug-likeness (QED) is 0.0720. The van der Waals surface area contributed by atoms with Crippen molar-refractivity contribution >= 4 is 50.6 Å². The minimum atomic E-state index is -4.50. The summed E-state index contributed by atoms with van der Waals surface area (Å²) < 4.78 is 28.5. The van der Waals surface area contributed by atoms with Crippen molar-refractivity contribution in [3.8, 4) is 10.4 Å². The highest BCUT2D eigenvalue weighted by Crippen LogP contribution is 2.36. The van der Waals surface area contributed by atoms with E-state index in [0.29, 0.717) is 10.4 Å². The third-order valence-corrected chi connectivity index (χ3v) is 7.74. The van der Waals surface area contributed by atoms with Gasteiger partial charge in [0, 0.05) is 17.5 Å². The predicted molar refractivity (Wildman–Crippen MR) is 142 cm³/mol. The number of carbonyl (C=O) groups excluding carboxylic acids is 1. The molecular formula is C23H24N6O7S2. The van der Waals surface area contributed by atoms with Crippen LogP contribution in [0.25, 0.3) is 10.4 Å². The van der Waals surface area contributed by atoms with Crippen molar-refractivity contribution in [2.45, 2.75) is 23.8 Å². The van der Waals surface area contributed by atoms with Gasteiger partial charge in [0.1, 0.15) is 10.9 Å². The number of aliphatic imine (C=N–C) groups is 1. The van der Waals surface area contributed by atoms with Crippen molar-refractivity contribution in [2.24, 2.45) is 16.5 Å². The molecule has 0 radical (unpaired) electrons. The van der Waals surface area contributed by atoms with Crippen LogP contribution >= 0.6 is 11.3 Å². The first-order valence-corrected chi connectivity index (χ1v) is 13.3. The van der Waals surface area contributed by atoms with Gasteiger partial charge in [-0.05, 0) is 30.5 Å². The molecule has 13 nitrogen and oxygen atoms in total. The topological polar surface area (TPSA) is 220 Å². The molecule has 200 valence electrons. The van der Waals surface area contributed by atoms with Crippen molar-refractivity contribution in [3.63, 3.8) is 0 Å². The number of carbonyl (C=O) groups is 2. The minimum absolute atomic E-state index is 0.00599. The largest absolute Gasteiger partial charge is 0.480 e. The van der Waals surface area contributed by atoms with Crippen molar-refractivity contribution < 1.29 is 28.0 Å². The average molecular weight is 561 g/mol. The second-order valence-electron chi connectivity index (χ2n) is 7.86. The molecular weight excluding hydrogens is 536 g/mol. The Kier molecular flexibility index (Phi) is 8.98. The number of rotatable bonds is 12. The van der Waals surface area contributed by atoms with Crippen LogP contribution < -0.4 is 21.5 Å². The molecule has 1 heterocycles. The summed E-state index contributed by atoms with van der Waals surface area (Å²) in [5, 5.41) is 23.4. The Morgan fingerprint density at radius 1 is 1.11 bits per heavy atom. The van der Waals surface area contributed by atoms with Crippen LogP contribution in [-0.2, 0) is 14.8 Å². The Morgan fingerprint density at radius 3 is 2.39 bits per heavy atom. The number of nitro groups is 1. The molecule has 0 bridgehead atoms. The van der Waals surface area contributed by atoms with Gasteiger partial charge in [0.05, 0.1) is 10.6 Å². The number of hydrogen-bond acceptors (Lipinski definition) is 8. The Morgan fingerprint density at radius 2 is 1.76 bits per heavy atom. The Bertz CT molecular complexity index is 1470. The number of hydrogen-bond donors (Lipinski definition) is 5. The lowest BCUT2D eigenvalue weighted by atomic mass is 10.1. The van der Waals surface area contributed by atoms with Crippen LogP contribution in [0.2, 0.25) is 0 Å². The zero-order valence-electron chi connectivity index (χ0n) is 19.7. The number of para-hydroxylation sites is 1. The van der Waals surface area contributed by atoms with E-state index >= 15 is 0 Å². The monoisotopic (exact) mass is 560 g/mol. The SMILES string of the molecule is NC(N)=NCCC[C@H](NC(=O)c1sc(-c2ccccc2)cc1NS(=O)(=O)c1ccccc1[N+](=O)[O-])C(=O)O. The number of nitrogens with one attached hydrogen (secondary N) is 2. The molecule has 0 aliphatic heterocycles. The number of aliphatic carboxylic acids is 1. The number of benzene rings is 2. The summed E-state index contributed by atoms with van der Waals surface area (Å²) in [6, 6.07) is 13.7. The van der Waals surface area contributed by atoms with Crippen LogP contribution in [0.4, 0.5) is 11.4 Å². The standard InChI is InChI=1S/C23H24N6O7S2/c24-23(25)26-12-6-9-15(22(31)32)27-21(30)20-16(13-18(37-20)14-7-2-1-3-8-14)28-38(35,36)19-11-5-4-10-17(19)29(33)34/h1-5,7-8,10-11,13,15,28H,6,9,12H2,(H,27,30)(H,31,32)(H4,24,25,26)/t15-/m0/s1. The Labute approximate surface area is 221 Å². The molecule has 3 aromatic rings. The summed E-state index contributed by atoms with van der Waals surface area (Å²) in [5.74, 6) is -2.29. The van der Waals surface area contributed by atoms with E-state index in [1.807, 2.05) is 0 Å². The van der Waals surface area contributed by atoms with Gasteiger partial charge >= 0.3 is 5.97 Å². The van der Waals surface area contributed by atoms with Crippen molar-refractivity contribution in [3.05, 3.63) is 75.7 Å². The van der Waals surface area contributed by atoms with Gasteiger partial charge in [0.2, 0.25) is 0 Å². The second kappa shape index (κ2) is 12.2. The molecule has 15 heteroatoms. The van der Waals surface area contributed by atoms with E-state index in [4.69, 9.17) is 11.5 Å². The molecule has 0 saturated heterocycles. The second-order valence-corrected chi connectivity index (χ2v) is 10.6. The van der Waals surface area contributed by atoms with Crippen LogP contribution in [0.5, 0.6) is 0 Å². The third-order valence-electron chi connectivity index (χ3n) is 5.14. The number of thiophene rings is 1. The van der Waals surface area contributed by atoms with E-state index in [9.17, 15) is 33.2 Å². The molecule has 2 aromatic carbocycles. The number of nitrogens with two attached hydrogens (primary N) is 2. The van der Waals surface area contributed by atoms with Gasteiger partial charge in [-0.2, -0.15) is 0 Å². The number of nitro benzene ring substituents is 1. The van der Waals surface area contributed by atoms with Gasteiger partial charge in [-0.15, -0.1) is 11.3 Å². The van der Waals surface area contributed by atoms with Crippen LogP contribution in [0.1, 0.15) is 22.5 Å². The minimum Gasteiger partial charge on any atom is -0.480 e. The van der Waals surface area contributed by atoms with Gasteiger partial charge in [-0.3, -0.25) is 24.6 Å². The number of anilines is 1. The zero-order chi connectivity index (χ0) is 27.9. The molecule has 0 aliphatic rings. The zero-order valence-corrected chi connectivity index (χ0v) is 21.4. The molecule has 1 aromatic heterocycles. The fourth-order valence-corrected chi connectivity index (χ4v) is 5.72. The molecule has 0 saturated carbocycles. The highest BCUT2D eigenvalue weighted by Gasteiger charge is 2.29. The van der Waals surface area contributed by atoms with E-state index in [0.717, 1.165) is 23.5 Å².